The van der Waals surface area contributed by atoms with Crippen LogP contribution in [0.15, 0.2) is 47.8 Å². The van der Waals surface area contributed by atoms with Gasteiger partial charge in [0.1, 0.15) is 28.9 Å². The lowest BCUT2D eigenvalue weighted by atomic mass is 10.2. The zero-order valence-corrected chi connectivity index (χ0v) is 17.6. The first-order valence-electron chi connectivity index (χ1n) is 9.61. The second-order valence-electron chi connectivity index (χ2n) is 6.94. The Bertz CT molecular complexity index is 1040. The normalized spacial score (nSPS) is 15.9. The minimum atomic E-state index is -0.459. The van der Waals surface area contributed by atoms with Gasteiger partial charge in [-0.1, -0.05) is 23.7 Å². The Morgan fingerprint density at radius 1 is 1.33 bits per heavy atom. The minimum Gasteiger partial charge on any atom is -0.489 e. The van der Waals surface area contributed by atoms with Crippen molar-refractivity contribution in [3.8, 4) is 16.3 Å². The number of nitrogens with one attached hydrogen (secondary N) is 1. The van der Waals surface area contributed by atoms with E-state index in [9.17, 15) is 9.18 Å². The largest absolute Gasteiger partial charge is 0.489 e. The summed E-state index contributed by atoms with van der Waals surface area (Å²) in [4.78, 5) is 16.6. The van der Waals surface area contributed by atoms with E-state index in [1.54, 1.807) is 29.6 Å². The Morgan fingerprint density at radius 3 is 3.00 bits per heavy atom. The molecule has 1 amide bonds. The van der Waals surface area contributed by atoms with Crippen molar-refractivity contribution < 1.29 is 18.7 Å². The van der Waals surface area contributed by atoms with Gasteiger partial charge in [0, 0.05) is 35.2 Å². The van der Waals surface area contributed by atoms with Crippen LogP contribution < -0.4 is 10.1 Å². The molecular weight excluding hydrogens is 427 g/mol. The third-order valence-corrected chi connectivity index (χ3v) is 5.83. The molecular formula is C22H20ClFN2O3S. The van der Waals surface area contributed by atoms with Crippen molar-refractivity contribution in [2.24, 2.45) is 0 Å². The molecule has 3 aromatic rings. The molecule has 0 spiro atoms. The number of carbonyl (C=O) groups excluding carboxylic acids is 1. The van der Waals surface area contributed by atoms with E-state index >= 15 is 0 Å². The van der Waals surface area contributed by atoms with E-state index in [1.165, 1.54) is 17.4 Å². The highest BCUT2D eigenvalue weighted by Gasteiger charge is 2.19. The van der Waals surface area contributed by atoms with Gasteiger partial charge in [0.25, 0.3) is 5.91 Å². The molecule has 2 aromatic carbocycles. The molecule has 8 heteroatoms. The number of ether oxygens (including phenoxy) is 2. The number of thiazole rings is 1. The first-order chi connectivity index (χ1) is 14.6. The summed E-state index contributed by atoms with van der Waals surface area (Å²) < 4.78 is 25.8. The van der Waals surface area contributed by atoms with E-state index in [0.29, 0.717) is 27.9 Å². The second kappa shape index (κ2) is 9.55. The molecule has 156 valence electrons. The van der Waals surface area contributed by atoms with Gasteiger partial charge >= 0.3 is 0 Å². The molecule has 1 aliphatic rings. The highest BCUT2D eigenvalue weighted by Crippen LogP contribution is 2.29. The van der Waals surface area contributed by atoms with Gasteiger partial charge in [-0.25, -0.2) is 9.37 Å². The molecule has 1 saturated heterocycles. The SMILES string of the molecule is O=C(NCC1CCCO1)c1csc(-c2ccc(OCc3cccc(Cl)c3)cc2F)n1. The van der Waals surface area contributed by atoms with Crippen LogP contribution in [0.5, 0.6) is 5.75 Å². The van der Waals surface area contributed by atoms with Gasteiger partial charge in [0.15, 0.2) is 0 Å². The van der Waals surface area contributed by atoms with Gasteiger partial charge in [-0.05, 0) is 42.7 Å². The monoisotopic (exact) mass is 446 g/mol. The van der Waals surface area contributed by atoms with Gasteiger partial charge < -0.3 is 14.8 Å². The van der Waals surface area contributed by atoms with Gasteiger partial charge in [-0.3, -0.25) is 4.79 Å². The number of halogens is 2. The third-order valence-electron chi connectivity index (χ3n) is 4.72. The standard InChI is InChI=1S/C22H20ClFN2O3S/c23-15-4-1-3-14(9-15)12-29-16-6-7-18(19(24)10-16)22-26-20(13-30-22)21(27)25-11-17-5-2-8-28-17/h1,3-4,6-7,9-10,13,17H,2,5,8,11-12H2,(H,25,27). The Kier molecular flexibility index (Phi) is 6.62. The van der Waals surface area contributed by atoms with Crippen molar-refractivity contribution in [3.63, 3.8) is 0 Å². The van der Waals surface area contributed by atoms with Crippen molar-refractivity contribution in [1.82, 2.24) is 10.3 Å². The molecule has 0 bridgehead atoms. The van der Waals surface area contributed by atoms with Crippen molar-refractivity contribution >= 4 is 28.8 Å². The molecule has 0 saturated carbocycles. The van der Waals surface area contributed by atoms with Gasteiger partial charge in [-0.2, -0.15) is 0 Å². The predicted molar refractivity (Wildman–Crippen MR) is 115 cm³/mol. The van der Waals surface area contributed by atoms with Crippen LogP contribution in [0.2, 0.25) is 5.02 Å². The third kappa shape index (κ3) is 5.16. The number of amides is 1. The number of hydrogen-bond donors (Lipinski definition) is 1. The summed E-state index contributed by atoms with van der Waals surface area (Å²) in [6.07, 6.45) is 2.02. The van der Waals surface area contributed by atoms with Crippen LogP contribution >= 0.6 is 22.9 Å². The quantitative estimate of drug-likeness (QED) is 0.549. The molecule has 1 N–H and O–H groups in total. The Hall–Kier alpha value is -2.48. The number of nitrogens with zero attached hydrogens (tertiary/aromatic N) is 1. The maximum Gasteiger partial charge on any atom is 0.270 e. The molecule has 2 heterocycles. The van der Waals surface area contributed by atoms with Crippen LogP contribution in [0.25, 0.3) is 10.6 Å². The van der Waals surface area contributed by atoms with Crippen LogP contribution in [-0.4, -0.2) is 30.1 Å². The predicted octanol–water partition coefficient (Wildman–Crippen LogP) is 5.09. The van der Waals surface area contributed by atoms with Crippen LogP contribution in [0.3, 0.4) is 0 Å². The first kappa shape index (κ1) is 20.8. The van der Waals surface area contributed by atoms with E-state index in [0.717, 1.165) is 25.0 Å². The topological polar surface area (TPSA) is 60.5 Å². The van der Waals surface area contributed by atoms with E-state index in [4.69, 9.17) is 21.1 Å². The van der Waals surface area contributed by atoms with Crippen LogP contribution in [0, 0.1) is 5.82 Å². The van der Waals surface area contributed by atoms with Crippen molar-refractivity contribution in [1.29, 1.82) is 0 Å². The van der Waals surface area contributed by atoms with Crippen molar-refractivity contribution in [3.05, 3.63) is 69.9 Å². The van der Waals surface area contributed by atoms with E-state index in [2.05, 4.69) is 10.3 Å². The fourth-order valence-electron chi connectivity index (χ4n) is 3.16. The second-order valence-corrected chi connectivity index (χ2v) is 8.24. The summed E-state index contributed by atoms with van der Waals surface area (Å²) in [5, 5.41) is 5.51. The maximum absolute atomic E-state index is 14.6. The Balaban J connectivity index is 1.38. The van der Waals surface area contributed by atoms with Crippen molar-refractivity contribution in [2.45, 2.75) is 25.6 Å². The average molecular weight is 447 g/mol. The number of carbonyl (C=O) groups is 1. The fraction of sp³-hybridized carbons (Fsp3) is 0.273. The molecule has 0 aliphatic carbocycles. The van der Waals surface area contributed by atoms with E-state index < -0.39 is 5.82 Å². The minimum absolute atomic E-state index is 0.0592. The lowest BCUT2D eigenvalue weighted by Crippen LogP contribution is -2.31. The molecule has 1 atom stereocenters. The summed E-state index contributed by atoms with van der Waals surface area (Å²) in [6, 6.07) is 11.9. The molecule has 0 radical (unpaired) electrons. The number of rotatable bonds is 7. The van der Waals surface area contributed by atoms with Gasteiger partial charge in [-0.15, -0.1) is 11.3 Å². The number of benzene rings is 2. The lowest BCUT2D eigenvalue weighted by molar-refractivity contribution is 0.0854. The number of hydrogen-bond acceptors (Lipinski definition) is 5. The molecule has 1 aliphatic heterocycles. The molecule has 4 rings (SSSR count). The number of aromatic nitrogens is 1. The summed E-state index contributed by atoms with van der Waals surface area (Å²) in [5.41, 5.74) is 1.49. The highest BCUT2D eigenvalue weighted by atomic mass is 35.5. The van der Waals surface area contributed by atoms with Crippen LogP contribution in [0.4, 0.5) is 4.39 Å². The van der Waals surface area contributed by atoms with E-state index in [-0.39, 0.29) is 24.3 Å². The maximum atomic E-state index is 14.6. The smallest absolute Gasteiger partial charge is 0.270 e. The van der Waals surface area contributed by atoms with E-state index in [1.807, 2.05) is 12.1 Å². The molecule has 30 heavy (non-hydrogen) atoms. The first-order valence-corrected chi connectivity index (χ1v) is 10.9. The van der Waals surface area contributed by atoms with Gasteiger partial charge in [0.2, 0.25) is 0 Å². The molecule has 1 fully saturated rings. The molecule has 1 aromatic heterocycles. The summed E-state index contributed by atoms with van der Waals surface area (Å²) >= 11 is 7.18. The fourth-order valence-corrected chi connectivity index (χ4v) is 4.20. The average Bonchev–Trinajstić information content (AvgIpc) is 3.43. The van der Waals surface area contributed by atoms with Crippen molar-refractivity contribution in [2.75, 3.05) is 13.2 Å². The summed E-state index contributed by atoms with van der Waals surface area (Å²) in [7, 11) is 0. The Morgan fingerprint density at radius 2 is 2.23 bits per heavy atom. The zero-order valence-electron chi connectivity index (χ0n) is 16.1. The summed E-state index contributed by atoms with van der Waals surface area (Å²) in [5.74, 6) is -0.337. The Labute approximate surface area is 182 Å². The zero-order chi connectivity index (χ0) is 20.9. The highest BCUT2D eigenvalue weighted by molar-refractivity contribution is 7.13. The lowest BCUT2D eigenvalue weighted by Gasteiger charge is -2.09. The molecule has 5 nitrogen and oxygen atoms in total. The van der Waals surface area contributed by atoms with Crippen LogP contribution in [-0.2, 0) is 11.3 Å². The molecule has 1 unspecified atom stereocenters. The van der Waals surface area contributed by atoms with Gasteiger partial charge in [0.05, 0.1) is 6.10 Å². The van der Waals surface area contributed by atoms with Crippen LogP contribution in [0.1, 0.15) is 28.9 Å². The summed E-state index contributed by atoms with van der Waals surface area (Å²) in [6.45, 7) is 1.48.